The molecule has 0 bridgehead atoms. The molecule has 0 atom stereocenters. The molecule has 1 aliphatic rings. The van der Waals surface area contributed by atoms with Crippen molar-refractivity contribution in [2.24, 2.45) is 0 Å². The van der Waals surface area contributed by atoms with E-state index < -0.39 is 0 Å². The number of rotatable bonds is 7. The van der Waals surface area contributed by atoms with Crippen LogP contribution in [0, 0.1) is 6.92 Å². The molecule has 1 heterocycles. The number of nitrogens with one attached hydrogen (secondary N) is 1. The number of urea groups is 1. The van der Waals surface area contributed by atoms with Crippen LogP contribution in [0.1, 0.15) is 18.1 Å². The van der Waals surface area contributed by atoms with Gasteiger partial charge in [0.25, 0.3) is 0 Å². The second-order valence-corrected chi connectivity index (χ2v) is 6.00. The highest BCUT2D eigenvalue weighted by Crippen LogP contribution is 2.05. The zero-order valence-electron chi connectivity index (χ0n) is 14.4. The molecule has 128 valence electrons. The monoisotopic (exact) mass is 319 g/mol. The number of nitrogens with zero attached hydrogens (tertiary/aromatic N) is 2. The highest BCUT2D eigenvalue weighted by molar-refractivity contribution is 5.74. The summed E-state index contributed by atoms with van der Waals surface area (Å²) in [7, 11) is 0. The molecule has 2 amide bonds. The third-order valence-electron chi connectivity index (χ3n) is 4.19. The number of carbonyl (C=O) groups excluding carboxylic acids is 1. The van der Waals surface area contributed by atoms with Gasteiger partial charge in [0.15, 0.2) is 0 Å². The summed E-state index contributed by atoms with van der Waals surface area (Å²) in [5.74, 6) is 0. The van der Waals surface area contributed by atoms with Gasteiger partial charge in [-0.05, 0) is 25.8 Å². The quantitative estimate of drug-likeness (QED) is 0.781. The molecule has 0 radical (unpaired) electrons. The third kappa shape index (κ3) is 6.20. The number of hydrogen-bond acceptors (Lipinski definition) is 3. The summed E-state index contributed by atoms with van der Waals surface area (Å²) in [6.45, 7) is 10.7. The van der Waals surface area contributed by atoms with Gasteiger partial charge in [0.2, 0.25) is 0 Å². The van der Waals surface area contributed by atoms with E-state index in [-0.39, 0.29) is 6.03 Å². The number of hydrogen-bond donors (Lipinski definition) is 1. The minimum Gasteiger partial charge on any atom is -0.380 e. The van der Waals surface area contributed by atoms with Crippen molar-refractivity contribution in [3.05, 3.63) is 35.4 Å². The number of piperazine rings is 1. The molecule has 5 nitrogen and oxygen atoms in total. The van der Waals surface area contributed by atoms with E-state index in [1.54, 1.807) is 0 Å². The van der Waals surface area contributed by atoms with E-state index in [0.29, 0.717) is 6.54 Å². The lowest BCUT2D eigenvalue weighted by atomic mass is 10.1. The fourth-order valence-corrected chi connectivity index (χ4v) is 2.81. The van der Waals surface area contributed by atoms with E-state index in [4.69, 9.17) is 4.74 Å². The maximum atomic E-state index is 12.2. The minimum absolute atomic E-state index is 0.0575. The third-order valence-corrected chi connectivity index (χ3v) is 4.19. The van der Waals surface area contributed by atoms with E-state index >= 15 is 0 Å². The van der Waals surface area contributed by atoms with Crippen LogP contribution < -0.4 is 5.32 Å². The van der Waals surface area contributed by atoms with Crippen molar-refractivity contribution in [2.75, 3.05) is 52.5 Å². The highest BCUT2D eigenvalue weighted by Gasteiger charge is 2.20. The van der Waals surface area contributed by atoms with Crippen LogP contribution in [0.3, 0.4) is 0 Å². The van der Waals surface area contributed by atoms with Gasteiger partial charge in [0.05, 0.1) is 6.61 Å². The number of benzene rings is 1. The van der Waals surface area contributed by atoms with Crippen molar-refractivity contribution in [2.45, 2.75) is 20.3 Å². The van der Waals surface area contributed by atoms with Gasteiger partial charge in [-0.25, -0.2) is 4.79 Å². The summed E-state index contributed by atoms with van der Waals surface area (Å²) in [6, 6.07) is 8.49. The van der Waals surface area contributed by atoms with Crippen LogP contribution in [0.2, 0.25) is 0 Å². The predicted molar refractivity (Wildman–Crippen MR) is 92.8 cm³/mol. The highest BCUT2D eigenvalue weighted by atomic mass is 16.5. The average molecular weight is 319 g/mol. The summed E-state index contributed by atoms with van der Waals surface area (Å²) < 4.78 is 5.38. The van der Waals surface area contributed by atoms with Gasteiger partial charge in [-0.2, -0.15) is 0 Å². The molecule has 1 N–H and O–H groups in total. The minimum atomic E-state index is 0.0575. The summed E-state index contributed by atoms with van der Waals surface area (Å²) in [5.41, 5.74) is 2.53. The Kier molecular flexibility index (Phi) is 7.36. The molecule has 5 heteroatoms. The molecular formula is C18H29N3O2. The smallest absolute Gasteiger partial charge is 0.317 e. The molecule has 0 aromatic heterocycles. The lowest BCUT2D eigenvalue weighted by Gasteiger charge is -2.34. The normalized spacial score (nSPS) is 15.7. The zero-order chi connectivity index (χ0) is 16.5. The fourth-order valence-electron chi connectivity index (χ4n) is 2.81. The van der Waals surface area contributed by atoms with Crippen LogP contribution in [-0.2, 0) is 11.2 Å². The van der Waals surface area contributed by atoms with E-state index in [1.165, 1.54) is 11.1 Å². The summed E-state index contributed by atoms with van der Waals surface area (Å²) in [5, 5.41) is 3.03. The lowest BCUT2D eigenvalue weighted by molar-refractivity contribution is 0.0882. The second-order valence-electron chi connectivity index (χ2n) is 6.00. The Bertz CT molecular complexity index is 485. The first-order valence-corrected chi connectivity index (χ1v) is 8.57. The van der Waals surface area contributed by atoms with Crippen molar-refractivity contribution >= 4 is 6.03 Å². The molecule has 23 heavy (non-hydrogen) atoms. The molecule has 1 saturated heterocycles. The van der Waals surface area contributed by atoms with Crippen LogP contribution >= 0.6 is 0 Å². The van der Waals surface area contributed by atoms with Gasteiger partial charge in [-0.1, -0.05) is 29.8 Å². The summed E-state index contributed by atoms with van der Waals surface area (Å²) in [4.78, 5) is 16.5. The molecule has 1 aromatic rings. The Morgan fingerprint density at radius 3 is 2.74 bits per heavy atom. The summed E-state index contributed by atoms with van der Waals surface area (Å²) in [6.07, 6.45) is 0.877. The molecule has 1 fully saturated rings. The topological polar surface area (TPSA) is 44.8 Å². The molecule has 0 unspecified atom stereocenters. The SMILES string of the molecule is CCOCCN1CCN(C(=O)NCCc2cccc(C)c2)CC1. The molecule has 1 aromatic carbocycles. The second kappa shape index (κ2) is 9.53. The maximum Gasteiger partial charge on any atom is 0.317 e. The van der Waals surface area contributed by atoms with Gasteiger partial charge in [0, 0.05) is 45.9 Å². The zero-order valence-corrected chi connectivity index (χ0v) is 14.4. The Morgan fingerprint density at radius 1 is 1.26 bits per heavy atom. The first-order valence-electron chi connectivity index (χ1n) is 8.57. The molecule has 0 aliphatic carbocycles. The van der Waals surface area contributed by atoms with Crippen LogP contribution in [0.15, 0.2) is 24.3 Å². The van der Waals surface area contributed by atoms with Crippen LogP contribution in [0.25, 0.3) is 0 Å². The van der Waals surface area contributed by atoms with Crippen molar-refractivity contribution < 1.29 is 9.53 Å². The van der Waals surface area contributed by atoms with Crippen LogP contribution in [0.4, 0.5) is 4.79 Å². The standard InChI is InChI=1S/C18H29N3O2/c1-3-23-14-13-20-9-11-21(12-10-20)18(22)19-8-7-17-6-4-5-16(2)15-17/h4-6,15H,3,7-14H2,1-2H3,(H,19,22). The van der Waals surface area contributed by atoms with Crippen molar-refractivity contribution in [1.82, 2.24) is 15.1 Å². The largest absolute Gasteiger partial charge is 0.380 e. The van der Waals surface area contributed by atoms with Crippen LogP contribution in [0.5, 0.6) is 0 Å². The Labute approximate surface area is 139 Å². The Balaban J connectivity index is 1.63. The van der Waals surface area contributed by atoms with E-state index in [9.17, 15) is 4.79 Å². The summed E-state index contributed by atoms with van der Waals surface area (Å²) >= 11 is 0. The molecule has 2 rings (SSSR count). The predicted octanol–water partition coefficient (Wildman–Crippen LogP) is 1.90. The van der Waals surface area contributed by atoms with Crippen molar-refractivity contribution in [3.8, 4) is 0 Å². The number of carbonyl (C=O) groups is 1. The van der Waals surface area contributed by atoms with E-state index in [2.05, 4.69) is 41.4 Å². The van der Waals surface area contributed by atoms with Crippen LogP contribution in [-0.4, -0.2) is 68.3 Å². The molecule has 0 saturated carbocycles. The molecule has 1 aliphatic heterocycles. The van der Waals surface area contributed by atoms with Gasteiger partial charge >= 0.3 is 6.03 Å². The maximum absolute atomic E-state index is 12.2. The van der Waals surface area contributed by atoms with Crippen molar-refractivity contribution in [1.29, 1.82) is 0 Å². The number of ether oxygens (including phenoxy) is 1. The first kappa shape index (κ1) is 17.8. The fraction of sp³-hybridized carbons (Fsp3) is 0.611. The van der Waals surface area contributed by atoms with E-state index in [0.717, 1.165) is 52.4 Å². The average Bonchev–Trinajstić information content (AvgIpc) is 2.56. The molecular weight excluding hydrogens is 290 g/mol. The first-order chi connectivity index (χ1) is 11.2. The molecule has 0 spiro atoms. The number of aryl methyl sites for hydroxylation is 1. The van der Waals surface area contributed by atoms with Crippen molar-refractivity contribution in [3.63, 3.8) is 0 Å². The van der Waals surface area contributed by atoms with E-state index in [1.807, 2.05) is 11.8 Å². The number of amides is 2. The van der Waals surface area contributed by atoms with Gasteiger partial charge in [-0.3, -0.25) is 4.90 Å². The Morgan fingerprint density at radius 2 is 2.04 bits per heavy atom. The van der Waals surface area contributed by atoms with Gasteiger partial charge in [0.1, 0.15) is 0 Å². The Hall–Kier alpha value is -1.59. The van der Waals surface area contributed by atoms with Gasteiger partial charge in [-0.15, -0.1) is 0 Å². The van der Waals surface area contributed by atoms with Gasteiger partial charge < -0.3 is 15.0 Å². The lowest BCUT2D eigenvalue weighted by Crippen LogP contribution is -2.52.